The fourth-order valence-corrected chi connectivity index (χ4v) is 2.14. The molecule has 0 saturated carbocycles. The average molecular weight is 341 g/mol. The van der Waals surface area contributed by atoms with Gasteiger partial charge in [-0.15, -0.1) is 0 Å². The Balaban J connectivity index is 2.07. The second-order valence-corrected chi connectivity index (χ2v) is 5.39. The van der Waals surface area contributed by atoms with E-state index in [2.05, 4.69) is 21.1 Å². The van der Waals surface area contributed by atoms with Crippen LogP contribution in [-0.4, -0.2) is 12.3 Å². The predicted molar refractivity (Wildman–Crippen MR) is 78.3 cm³/mol. The number of halogens is 1. The molecule has 2 N–H and O–H groups in total. The summed E-state index contributed by atoms with van der Waals surface area (Å²) in [4.78, 5) is 0. The summed E-state index contributed by atoms with van der Waals surface area (Å²) in [6.07, 6.45) is 0. The Kier molecular flexibility index (Phi) is 5.17. The molecule has 0 radical (unpaired) electrons. The molecular weight excluding hydrogens is 324 g/mol. The van der Waals surface area contributed by atoms with Crippen molar-refractivity contribution in [2.24, 2.45) is 5.73 Å². The quantitative estimate of drug-likeness (QED) is 0.874. The molecule has 1 heterocycles. The summed E-state index contributed by atoms with van der Waals surface area (Å²) < 4.78 is 16.8. The Hall–Kier alpha value is -1.37. The Morgan fingerprint density at radius 2 is 2.15 bits per heavy atom. The first kappa shape index (κ1) is 15.0. The highest BCUT2D eigenvalue weighted by atomic mass is 79.9. The Morgan fingerprint density at radius 1 is 1.35 bits per heavy atom. The maximum atomic E-state index is 5.93. The van der Waals surface area contributed by atoms with E-state index >= 15 is 0 Å². The third kappa shape index (κ3) is 3.82. The van der Waals surface area contributed by atoms with Gasteiger partial charge in [0.25, 0.3) is 0 Å². The van der Waals surface area contributed by atoms with Gasteiger partial charge in [-0.1, -0.05) is 27.2 Å². The molecule has 5 nitrogen and oxygen atoms in total. The van der Waals surface area contributed by atoms with E-state index in [1.54, 1.807) is 7.11 Å². The number of nitrogens with two attached hydrogens (primary N) is 1. The van der Waals surface area contributed by atoms with Crippen LogP contribution in [-0.2, 0) is 18.0 Å². The first-order valence-electron chi connectivity index (χ1n) is 6.21. The van der Waals surface area contributed by atoms with Crippen molar-refractivity contribution in [3.05, 3.63) is 45.8 Å². The van der Waals surface area contributed by atoms with Gasteiger partial charge in [0.2, 0.25) is 0 Å². The Labute approximate surface area is 126 Å². The van der Waals surface area contributed by atoms with Crippen LogP contribution in [0.3, 0.4) is 0 Å². The van der Waals surface area contributed by atoms with E-state index in [1.165, 1.54) is 0 Å². The summed E-state index contributed by atoms with van der Waals surface area (Å²) in [7, 11) is 1.61. The molecule has 0 amide bonds. The summed E-state index contributed by atoms with van der Waals surface area (Å²) in [6.45, 7) is 2.64. The number of rotatable bonds is 6. The number of hydrogen-bond donors (Lipinski definition) is 1. The molecule has 0 aliphatic rings. The van der Waals surface area contributed by atoms with Crippen molar-refractivity contribution in [1.29, 1.82) is 0 Å². The molecule has 20 heavy (non-hydrogen) atoms. The van der Waals surface area contributed by atoms with Gasteiger partial charge in [0, 0.05) is 29.3 Å². The molecule has 0 aliphatic heterocycles. The lowest BCUT2D eigenvalue weighted by molar-refractivity contribution is 0.155. The highest BCUT2D eigenvalue weighted by Crippen LogP contribution is 2.28. The molecule has 0 saturated heterocycles. The van der Waals surface area contributed by atoms with Gasteiger partial charge in [0.1, 0.15) is 24.7 Å². The maximum Gasteiger partial charge on any atom is 0.162 e. The lowest BCUT2D eigenvalue weighted by Crippen LogP contribution is -2.08. The number of nitrogens with zero attached hydrogens (tertiary/aromatic N) is 1. The van der Waals surface area contributed by atoms with Gasteiger partial charge < -0.3 is 19.7 Å². The van der Waals surface area contributed by atoms with Crippen LogP contribution in [0.2, 0.25) is 0 Å². The summed E-state index contributed by atoms with van der Waals surface area (Å²) in [6, 6.07) is 7.50. The highest BCUT2D eigenvalue weighted by Gasteiger charge is 2.10. The molecule has 0 aliphatic carbocycles. The predicted octanol–water partition coefficient (Wildman–Crippen LogP) is 3.18. The molecule has 2 aromatic rings. The molecule has 0 fully saturated rings. The van der Waals surface area contributed by atoms with Crippen LogP contribution in [0.15, 0.2) is 33.3 Å². The van der Waals surface area contributed by atoms with E-state index in [0.29, 0.717) is 24.7 Å². The molecule has 2 rings (SSSR count). The molecule has 0 spiro atoms. The van der Waals surface area contributed by atoms with Crippen molar-refractivity contribution in [2.45, 2.75) is 26.2 Å². The molecule has 0 unspecified atom stereocenters. The van der Waals surface area contributed by atoms with Crippen LogP contribution in [0.5, 0.6) is 5.75 Å². The molecule has 0 bridgehead atoms. The first-order valence-corrected chi connectivity index (χ1v) is 7.00. The number of benzene rings is 1. The fraction of sp³-hybridized carbons (Fsp3) is 0.357. The largest absolute Gasteiger partial charge is 0.487 e. The molecule has 1 atom stereocenters. The fourth-order valence-electron chi connectivity index (χ4n) is 1.80. The van der Waals surface area contributed by atoms with Gasteiger partial charge in [0.05, 0.1) is 0 Å². The Morgan fingerprint density at radius 3 is 2.85 bits per heavy atom. The van der Waals surface area contributed by atoms with Crippen LogP contribution >= 0.6 is 15.9 Å². The molecule has 108 valence electrons. The lowest BCUT2D eigenvalue weighted by Gasteiger charge is -2.13. The zero-order valence-corrected chi connectivity index (χ0v) is 13.0. The van der Waals surface area contributed by atoms with Crippen molar-refractivity contribution >= 4 is 15.9 Å². The van der Waals surface area contributed by atoms with E-state index in [4.69, 9.17) is 19.7 Å². The zero-order chi connectivity index (χ0) is 14.5. The van der Waals surface area contributed by atoms with E-state index in [1.807, 2.05) is 31.2 Å². The smallest absolute Gasteiger partial charge is 0.162 e. The zero-order valence-electron chi connectivity index (χ0n) is 11.4. The first-order chi connectivity index (χ1) is 9.60. The summed E-state index contributed by atoms with van der Waals surface area (Å²) in [5.41, 5.74) is 7.60. The SMILES string of the molecule is COCc1cc(COc2cc(Br)ccc2[C@H](C)N)no1. The Bertz CT molecular complexity index is 569. The third-order valence-electron chi connectivity index (χ3n) is 2.74. The van der Waals surface area contributed by atoms with Gasteiger partial charge in [-0.05, 0) is 19.1 Å². The van der Waals surface area contributed by atoms with Gasteiger partial charge >= 0.3 is 0 Å². The van der Waals surface area contributed by atoms with Gasteiger partial charge in [-0.25, -0.2) is 0 Å². The van der Waals surface area contributed by atoms with Crippen molar-refractivity contribution in [3.8, 4) is 5.75 Å². The number of methoxy groups -OCH3 is 1. The van der Waals surface area contributed by atoms with Crippen LogP contribution in [0, 0.1) is 0 Å². The van der Waals surface area contributed by atoms with Gasteiger partial charge in [-0.2, -0.15) is 0 Å². The molecule has 1 aromatic carbocycles. The second kappa shape index (κ2) is 6.88. The van der Waals surface area contributed by atoms with E-state index in [0.717, 1.165) is 15.8 Å². The van der Waals surface area contributed by atoms with Crippen LogP contribution in [0.4, 0.5) is 0 Å². The monoisotopic (exact) mass is 340 g/mol. The third-order valence-corrected chi connectivity index (χ3v) is 3.23. The van der Waals surface area contributed by atoms with Crippen molar-refractivity contribution in [2.75, 3.05) is 7.11 Å². The normalized spacial score (nSPS) is 12.4. The average Bonchev–Trinajstić information content (AvgIpc) is 2.84. The standard InChI is InChI=1S/C14H17BrN2O3/c1-9(16)13-4-3-10(15)5-14(13)19-7-11-6-12(8-18-2)20-17-11/h3-6,9H,7-8,16H2,1-2H3/t9-/m0/s1. The summed E-state index contributed by atoms with van der Waals surface area (Å²) in [5.74, 6) is 1.42. The minimum absolute atomic E-state index is 0.0977. The van der Waals surface area contributed by atoms with E-state index in [9.17, 15) is 0 Å². The maximum absolute atomic E-state index is 5.93. The van der Waals surface area contributed by atoms with Crippen molar-refractivity contribution in [3.63, 3.8) is 0 Å². The lowest BCUT2D eigenvalue weighted by atomic mass is 10.1. The van der Waals surface area contributed by atoms with Crippen molar-refractivity contribution in [1.82, 2.24) is 5.16 Å². The number of hydrogen-bond acceptors (Lipinski definition) is 5. The van der Waals surface area contributed by atoms with E-state index < -0.39 is 0 Å². The number of aromatic nitrogens is 1. The van der Waals surface area contributed by atoms with Crippen LogP contribution in [0.25, 0.3) is 0 Å². The van der Waals surface area contributed by atoms with E-state index in [-0.39, 0.29) is 6.04 Å². The second-order valence-electron chi connectivity index (χ2n) is 4.48. The highest BCUT2D eigenvalue weighted by molar-refractivity contribution is 9.10. The molecular formula is C14H17BrN2O3. The summed E-state index contributed by atoms with van der Waals surface area (Å²) in [5, 5.41) is 3.92. The van der Waals surface area contributed by atoms with Gasteiger partial charge in [-0.3, -0.25) is 0 Å². The molecule has 1 aromatic heterocycles. The van der Waals surface area contributed by atoms with Crippen molar-refractivity contribution < 1.29 is 14.0 Å². The minimum Gasteiger partial charge on any atom is -0.487 e. The van der Waals surface area contributed by atoms with Crippen LogP contribution < -0.4 is 10.5 Å². The summed E-state index contributed by atoms with van der Waals surface area (Å²) >= 11 is 3.42. The van der Waals surface area contributed by atoms with Gasteiger partial charge in [0.15, 0.2) is 5.76 Å². The van der Waals surface area contributed by atoms with Crippen LogP contribution in [0.1, 0.15) is 30.0 Å². The minimum atomic E-state index is -0.0977. The molecule has 6 heteroatoms. The number of ether oxygens (including phenoxy) is 2. The topological polar surface area (TPSA) is 70.5 Å².